The van der Waals surface area contributed by atoms with Crippen LogP contribution >= 0.6 is 22.6 Å². The van der Waals surface area contributed by atoms with Crippen LogP contribution in [0.2, 0.25) is 0 Å². The van der Waals surface area contributed by atoms with Gasteiger partial charge in [-0.1, -0.05) is 18.2 Å². The Morgan fingerprint density at radius 2 is 2.14 bits per heavy atom. The number of rotatable bonds is 2. The van der Waals surface area contributed by atoms with Crippen molar-refractivity contribution in [3.05, 3.63) is 39.6 Å². The molecule has 1 heterocycles. The molecular formula is C11H10INO. The molecule has 1 aromatic heterocycles. The van der Waals surface area contributed by atoms with Gasteiger partial charge in [0.25, 0.3) is 0 Å². The van der Waals surface area contributed by atoms with Gasteiger partial charge in [0, 0.05) is 16.1 Å². The molecule has 0 bridgehead atoms. The van der Waals surface area contributed by atoms with Gasteiger partial charge in [0.05, 0.1) is 17.8 Å². The third kappa shape index (κ3) is 1.88. The summed E-state index contributed by atoms with van der Waals surface area (Å²) in [6, 6.07) is 10.2. The van der Waals surface area contributed by atoms with E-state index in [0.29, 0.717) is 6.61 Å². The lowest BCUT2D eigenvalue weighted by molar-refractivity contribution is 0.182. The minimum atomic E-state index is 0.570. The zero-order valence-electron chi connectivity index (χ0n) is 7.83. The number of para-hydroxylation sites is 1. The molecule has 2 aromatic rings. The number of halogens is 1. The lowest BCUT2D eigenvalue weighted by atomic mass is 10.2. The minimum absolute atomic E-state index is 0.570. The SMILES string of the molecule is COCc1cc(I)c2ccccc2n1. The molecule has 72 valence electrons. The van der Waals surface area contributed by atoms with Crippen molar-refractivity contribution in [2.24, 2.45) is 0 Å². The van der Waals surface area contributed by atoms with Crippen molar-refractivity contribution in [3.8, 4) is 0 Å². The molecule has 0 N–H and O–H groups in total. The molecule has 0 fully saturated rings. The molecule has 0 aliphatic heterocycles. The average Bonchev–Trinajstić information content (AvgIpc) is 2.18. The second kappa shape index (κ2) is 4.23. The number of hydrogen-bond donors (Lipinski definition) is 0. The van der Waals surface area contributed by atoms with Crippen molar-refractivity contribution in [1.82, 2.24) is 4.98 Å². The van der Waals surface area contributed by atoms with Crippen molar-refractivity contribution in [1.29, 1.82) is 0 Å². The summed E-state index contributed by atoms with van der Waals surface area (Å²) in [5.41, 5.74) is 2.02. The largest absolute Gasteiger partial charge is 0.378 e. The van der Waals surface area contributed by atoms with E-state index < -0.39 is 0 Å². The first-order valence-corrected chi connectivity index (χ1v) is 5.42. The van der Waals surface area contributed by atoms with Crippen LogP contribution in [0.25, 0.3) is 10.9 Å². The molecule has 2 rings (SSSR count). The zero-order chi connectivity index (χ0) is 9.97. The van der Waals surface area contributed by atoms with Gasteiger partial charge in [0.1, 0.15) is 0 Å². The monoisotopic (exact) mass is 299 g/mol. The quantitative estimate of drug-likeness (QED) is 0.795. The van der Waals surface area contributed by atoms with E-state index >= 15 is 0 Å². The molecule has 0 spiro atoms. The Balaban J connectivity index is 2.60. The van der Waals surface area contributed by atoms with Crippen LogP contribution < -0.4 is 0 Å². The molecule has 0 radical (unpaired) electrons. The van der Waals surface area contributed by atoms with E-state index in [9.17, 15) is 0 Å². The van der Waals surface area contributed by atoms with Gasteiger partial charge < -0.3 is 4.74 Å². The molecule has 14 heavy (non-hydrogen) atoms. The Morgan fingerprint density at radius 1 is 1.36 bits per heavy atom. The normalized spacial score (nSPS) is 10.7. The number of pyridine rings is 1. The van der Waals surface area contributed by atoms with Crippen LogP contribution in [0.1, 0.15) is 5.69 Å². The summed E-state index contributed by atoms with van der Waals surface area (Å²) < 4.78 is 6.29. The van der Waals surface area contributed by atoms with Crippen LogP contribution in [0.4, 0.5) is 0 Å². The van der Waals surface area contributed by atoms with Crippen LogP contribution in [0.15, 0.2) is 30.3 Å². The van der Waals surface area contributed by atoms with Crippen molar-refractivity contribution in [2.45, 2.75) is 6.61 Å². The number of fused-ring (bicyclic) bond motifs is 1. The van der Waals surface area contributed by atoms with Crippen LogP contribution in [0, 0.1) is 3.57 Å². The third-order valence-electron chi connectivity index (χ3n) is 2.01. The summed E-state index contributed by atoms with van der Waals surface area (Å²) in [5.74, 6) is 0. The van der Waals surface area contributed by atoms with Gasteiger partial charge in [-0.15, -0.1) is 0 Å². The van der Waals surface area contributed by atoms with Gasteiger partial charge in [-0.05, 0) is 34.7 Å². The summed E-state index contributed by atoms with van der Waals surface area (Å²) in [6.45, 7) is 0.570. The first-order chi connectivity index (χ1) is 6.81. The molecule has 3 heteroatoms. The molecule has 1 aromatic carbocycles. The van der Waals surface area contributed by atoms with E-state index in [-0.39, 0.29) is 0 Å². The van der Waals surface area contributed by atoms with E-state index in [1.807, 2.05) is 18.2 Å². The predicted octanol–water partition coefficient (Wildman–Crippen LogP) is 2.99. The molecule has 0 unspecified atom stereocenters. The zero-order valence-corrected chi connectivity index (χ0v) is 9.98. The van der Waals surface area contributed by atoms with Crippen LogP contribution in [0.5, 0.6) is 0 Å². The standard InChI is InChI=1S/C11H10INO/c1-14-7-8-6-10(12)9-4-2-3-5-11(9)13-8/h2-6H,7H2,1H3. The highest BCUT2D eigenvalue weighted by Crippen LogP contribution is 2.19. The van der Waals surface area contributed by atoms with E-state index in [1.54, 1.807) is 7.11 Å². The van der Waals surface area contributed by atoms with Gasteiger partial charge >= 0.3 is 0 Å². The lowest BCUT2D eigenvalue weighted by Crippen LogP contribution is -1.94. The summed E-state index contributed by atoms with van der Waals surface area (Å²) in [5, 5.41) is 1.20. The molecule has 0 saturated carbocycles. The third-order valence-corrected chi connectivity index (χ3v) is 2.90. The summed E-state index contributed by atoms with van der Waals surface area (Å²) in [4.78, 5) is 4.50. The maximum Gasteiger partial charge on any atom is 0.0884 e. The fourth-order valence-corrected chi connectivity index (χ4v) is 2.22. The minimum Gasteiger partial charge on any atom is -0.378 e. The molecule has 0 amide bonds. The fraction of sp³-hybridized carbons (Fsp3) is 0.182. The molecule has 2 nitrogen and oxygen atoms in total. The molecule has 0 aliphatic rings. The average molecular weight is 299 g/mol. The van der Waals surface area contributed by atoms with E-state index in [4.69, 9.17) is 4.74 Å². The Morgan fingerprint density at radius 3 is 2.93 bits per heavy atom. The molecule has 0 saturated heterocycles. The second-order valence-electron chi connectivity index (χ2n) is 3.05. The Labute approximate surface area is 96.4 Å². The number of methoxy groups -OCH3 is 1. The van der Waals surface area contributed by atoms with Gasteiger partial charge in [-0.2, -0.15) is 0 Å². The van der Waals surface area contributed by atoms with Crippen LogP contribution in [0.3, 0.4) is 0 Å². The Kier molecular flexibility index (Phi) is 2.98. The first-order valence-electron chi connectivity index (χ1n) is 4.34. The first kappa shape index (κ1) is 9.86. The van der Waals surface area contributed by atoms with Gasteiger partial charge in [0.2, 0.25) is 0 Å². The Bertz CT molecular complexity index is 456. The topological polar surface area (TPSA) is 22.1 Å². The molecule has 0 atom stereocenters. The van der Waals surface area contributed by atoms with Crippen molar-refractivity contribution in [2.75, 3.05) is 7.11 Å². The Hall–Kier alpha value is -0.680. The number of benzene rings is 1. The predicted molar refractivity (Wildman–Crippen MR) is 65.2 cm³/mol. The number of hydrogen-bond acceptors (Lipinski definition) is 2. The van der Waals surface area contributed by atoms with Gasteiger partial charge in [0.15, 0.2) is 0 Å². The number of aromatic nitrogens is 1. The van der Waals surface area contributed by atoms with Crippen molar-refractivity contribution in [3.63, 3.8) is 0 Å². The van der Waals surface area contributed by atoms with Crippen molar-refractivity contribution >= 4 is 33.5 Å². The van der Waals surface area contributed by atoms with Crippen molar-refractivity contribution < 1.29 is 4.74 Å². The van der Waals surface area contributed by atoms with Crippen LogP contribution in [-0.4, -0.2) is 12.1 Å². The fourth-order valence-electron chi connectivity index (χ4n) is 1.41. The molecular weight excluding hydrogens is 289 g/mol. The highest BCUT2D eigenvalue weighted by Gasteiger charge is 2.02. The summed E-state index contributed by atoms with van der Waals surface area (Å²) in [6.07, 6.45) is 0. The van der Waals surface area contributed by atoms with Crippen LogP contribution in [-0.2, 0) is 11.3 Å². The lowest BCUT2D eigenvalue weighted by Gasteiger charge is -2.04. The maximum atomic E-state index is 5.07. The van der Waals surface area contributed by atoms with Gasteiger partial charge in [-0.3, -0.25) is 4.98 Å². The second-order valence-corrected chi connectivity index (χ2v) is 4.21. The smallest absolute Gasteiger partial charge is 0.0884 e. The summed E-state index contributed by atoms with van der Waals surface area (Å²) >= 11 is 2.33. The number of ether oxygens (including phenoxy) is 1. The maximum absolute atomic E-state index is 5.07. The van der Waals surface area contributed by atoms with E-state index in [0.717, 1.165) is 11.2 Å². The summed E-state index contributed by atoms with van der Waals surface area (Å²) in [7, 11) is 1.68. The molecule has 0 aliphatic carbocycles. The van der Waals surface area contributed by atoms with Gasteiger partial charge in [-0.25, -0.2) is 0 Å². The highest BCUT2D eigenvalue weighted by atomic mass is 127. The van der Waals surface area contributed by atoms with E-state index in [2.05, 4.69) is 39.7 Å². The van der Waals surface area contributed by atoms with E-state index in [1.165, 1.54) is 8.96 Å². The highest BCUT2D eigenvalue weighted by molar-refractivity contribution is 14.1. The number of nitrogens with zero attached hydrogens (tertiary/aromatic N) is 1.